The maximum Gasteiger partial charge on any atom is 0.308 e. The zero-order valence-corrected chi connectivity index (χ0v) is 13.0. The summed E-state index contributed by atoms with van der Waals surface area (Å²) in [4.78, 5) is 25.4. The smallest absolute Gasteiger partial charge is 0.308 e. The van der Waals surface area contributed by atoms with E-state index in [1.807, 2.05) is 0 Å². The van der Waals surface area contributed by atoms with E-state index < -0.39 is 11.9 Å². The van der Waals surface area contributed by atoms with Gasteiger partial charge >= 0.3 is 5.97 Å². The van der Waals surface area contributed by atoms with Gasteiger partial charge in [0, 0.05) is 23.7 Å². The standard InChI is InChI=1S/C16H15ClN2O4/c17-12-5-3-10(4-6-12)14-13(9-23-18-14)15(20)19-7-1-2-11(8-19)16(21)22/h3-6,9,11H,1-2,7-8H2,(H,21,22)/t11-/m1/s1. The van der Waals surface area contributed by atoms with Crippen LogP contribution in [0.2, 0.25) is 5.02 Å². The number of rotatable bonds is 3. The minimum absolute atomic E-state index is 0.208. The largest absolute Gasteiger partial charge is 0.481 e. The van der Waals surface area contributed by atoms with Crippen LogP contribution >= 0.6 is 11.6 Å². The first kappa shape index (κ1) is 15.6. The molecule has 1 amide bonds. The van der Waals surface area contributed by atoms with Crippen LogP contribution in [0.5, 0.6) is 0 Å². The van der Waals surface area contributed by atoms with E-state index in [4.69, 9.17) is 21.2 Å². The number of carbonyl (C=O) groups excluding carboxylic acids is 1. The topological polar surface area (TPSA) is 83.6 Å². The van der Waals surface area contributed by atoms with Crippen LogP contribution < -0.4 is 0 Å². The number of carboxylic acids is 1. The van der Waals surface area contributed by atoms with Gasteiger partial charge in [0.25, 0.3) is 5.91 Å². The van der Waals surface area contributed by atoms with E-state index in [1.165, 1.54) is 6.26 Å². The average Bonchev–Trinajstić information content (AvgIpc) is 3.04. The molecular weight excluding hydrogens is 320 g/mol. The van der Waals surface area contributed by atoms with Gasteiger partial charge in [0.1, 0.15) is 17.5 Å². The van der Waals surface area contributed by atoms with Gasteiger partial charge in [-0.1, -0.05) is 28.9 Å². The van der Waals surface area contributed by atoms with Gasteiger partial charge in [-0.2, -0.15) is 0 Å². The Morgan fingerprint density at radius 2 is 2.04 bits per heavy atom. The molecule has 120 valence electrons. The molecule has 1 N–H and O–H groups in total. The molecule has 2 aromatic rings. The number of aliphatic carboxylic acids is 1. The van der Waals surface area contributed by atoms with Crippen molar-refractivity contribution in [1.82, 2.24) is 10.1 Å². The molecule has 0 saturated carbocycles. The second kappa shape index (κ2) is 6.42. The van der Waals surface area contributed by atoms with Crippen LogP contribution in [0.25, 0.3) is 11.3 Å². The van der Waals surface area contributed by atoms with Crippen LogP contribution in [0.15, 0.2) is 35.1 Å². The third kappa shape index (κ3) is 3.22. The summed E-state index contributed by atoms with van der Waals surface area (Å²) in [6.45, 7) is 0.743. The Kier molecular flexibility index (Phi) is 4.34. The highest BCUT2D eigenvalue weighted by molar-refractivity contribution is 6.30. The lowest BCUT2D eigenvalue weighted by molar-refractivity contribution is -0.143. The van der Waals surface area contributed by atoms with Crippen molar-refractivity contribution in [3.05, 3.63) is 41.1 Å². The first-order valence-electron chi connectivity index (χ1n) is 7.28. The first-order chi connectivity index (χ1) is 11.1. The molecule has 1 aliphatic heterocycles. The van der Waals surface area contributed by atoms with Gasteiger partial charge in [0.15, 0.2) is 0 Å². The third-order valence-corrected chi connectivity index (χ3v) is 4.23. The summed E-state index contributed by atoms with van der Waals surface area (Å²) in [5.74, 6) is -1.65. The predicted octanol–water partition coefficient (Wildman–Crippen LogP) is 2.93. The molecule has 6 nitrogen and oxygen atoms in total. The molecule has 0 aliphatic carbocycles. The molecule has 1 aromatic carbocycles. The van der Waals surface area contributed by atoms with Gasteiger partial charge < -0.3 is 14.5 Å². The summed E-state index contributed by atoms with van der Waals surface area (Å²) >= 11 is 5.87. The minimum Gasteiger partial charge on any atom is -0.481 e. The summed E-state index contributed by atoms with van der Waals surface area (Å²) in [7, 11) is 0. The molecular formula is C16H15ClN2O4. The number of amides is 1. The number of halogens is 1. The maximum atomic E-state index is 12.7. The van der Waals surface area contributed by atoms with Gasteiger partial charge in [-0.05, 0) is 25.0 Å². The van der Waals surface area contributed by atoms with Crippen LogP contribution in [0.3, 0.4) is 0 Å². The Morgan fingerprint density at radius 1 is 1.30 bits per heavy atom. The number of hydrogen-bond acceptors (Lipinski definition) is 4. The summed E-state index contributed by atoms with van der Waals surface area (Å²) in [5.41, 5.74) is 1.49. The molecule has 1 aliphatic rings. The lowest BCUT2D eigenvalue weighted by atomic mass is 9.97. The summed E-state index contributed by atoms with van der Waals surface area (Å²) in [6, 6.07) is 6.93. The van der Waals surface area contributed by atoms with Crippen LogP contribution in [0, 0.1) is 5.92 Å². The molecule has 3 rings (SSSR count). The van der Waals surface area contributed by atoms with Gasteiger partial charge in [-0.15, -0.1) is 0 Å². The second-order valence-corrected chi connectivity index (χ2v) is 5.95. The molecule has 23 heavy (non-hydrogen) atoms. The van der Waals surface area contributed by atoms with Crippen molar-refractivity contribution in [1.29, 1.82) is 0 Å². The average molecular weight is 335 g/mol. The van der Waals surface area contributed by atoms with E-state index >= 15 is 0 Å². The zero-order valence-electron chi connectivity index (χ0n) is 12.2. The quantitative estimate of drug-likeness (QED) is 0.933. The van der Waals surface area contributed by atoms with Crippen LogP contribution in [0.4, 0.5) is 0 Å². The summed E-state index contributed by atoms with van der Waals surface area (Å²) in [5, 5.41) is 13.6. The van der Waals surface area contributed by atoms with E-state index in [-0.39, 0.29) is 12.5 Å². The van der Waals surface area contributed by atoms with Gasteiger partial charge in [-0.25, -0.2) is 0 Å². The lowest BCUT2D eigenvalue weighted by Crippen LogP contribution is -2.42. The fourth-order valence-electron chi connectivity index (χ4n) is 2.74. The molecule has 1 fully saturated rings. The van der Waals surface area contributed by atoms with E-state index in [0.29, 0.717) is 35.7 Å². The van der Waals surface area contributed by atoms with E-state index in [9.17, 15) is 9.59 Å². The molecule has 0 bridgehead atoms. The fraction of sp³-hybridized carbons (Fsp3) is 0.312. The monoisotopic (exact) mass is 334 g/mol. The number of likely N-dealkylation sites (tertiary alicyclic amines) is 1. The Labute approximate surface area is 137 Å². The van der Waals surface area contributed by atoms with Crippen molar-refractivity contribution in [2.45, 2.75) is 12.8 Å². The van der Waals surface area contributed by atoms with Gasteiger partial charge in [0.2, 0.25) is 0 Å². The molecule has 7 heteroatoms. The number of hydrogen-bond donors (Lipinski definition) is 1. The normalized spacial score (nSPS) is 18.0. The number of carboxylic acid groups (broad SMARTS) is 1. The summed E-state index contributed by atoms with van der Waals surface area (Å²) in [6.07, 6.45) is 2.56. The van der Waals surface area contributed by atoms with Crippen LogP contribution in [0.1, 0.15) is 23.2 Å². The van der Waals surface area contributed by atoms with Crippen molar-refractivity contribution >= 4 is 23.5 Å². The fourth-order valence-corrected chi connectivity index (χ4v) is 2.86. The first-order valence-corrected chi connectivity index (χ1v) is 7.66. The molecule has 0 unspecified atom stereocenters. The minimum atomic E-state index is -0.870. The molecule has 1 atom stereocenters. The Balaban J connectivity index is 1.85. The number of nitrogens with zero attached hydrogens (tertiary/aromatic N) is 2. The second-order valence-electron chi connectivity index (χ2n) is 5.51. The molecule has 1 aromatic heterocycles. The van der Waals surface area contributed by atoms with Crippen LogP contribution in [-0.2, 0) is 4.79 Å². The number of piperidine rings is 1. The molecule has 0 spiro atoms. The Morgan fingerprint density at radius 3 is 2.74 bits per heavy atom. The van der Waals surface area contributed by atoms with Crippen molar-refractivity contribution in [3.63, 3.8) is 0 Å². The van der Waals surface area contributed by atoms with Crippen LogP contribution in [-0.4, -0.2) is 40.1 Å². The highest BCUT2D eigenvalue weighted by Gasteiger charge is 2.30. The Hall–Kier alpha value is -2.34. The van der Waals surface area contributed by atoms with Crippen molar-refractivity contribution < 1.29 is 19.2 Å². The highest BCUT2D eigenvalue weighted by Crippen LogP contribution is 2.26. The molecule has 2 heterocycles. The molecule has 1 saturated heterocycles. The number of carbonyl (C=O) groups is 2. The lowest BCUT2D eigenvalue weighted by Gasteiger charge is -2.30. The highest BCUT2D eigenvalue weighted by atomic mass is 35.5. The number of aromatic nitrogens is 1. The zero-order chi connectivity index (χ0) is 16.4. The maximum absolute atomic E-state index is 12.7. The predicted molar refractivity (Wildman–Crippen MR) is 83.2 cm³/mol. The Bertz CT molecular complexity index is 726. The van der Waals surface area contributed by atoms with Crippen molar-refractivity contribution in [3.8, 4) is 11.3 Å². The SMILES string of the molecule is O=C(O)[C@@H]1CCCN(C(=O)c2conc2-c2ccc(Cl)cc2)C1. The third-order valence-electron chi connectivity index (χ3n) is 3.98. The summed E-state index contributed by atoms with van der Waals surface area (Å²) < 4.78 is 4.97. The van der Waals surface area contributed by atoms with Crippen molar-refractivity contribution in [2.75, 3.05) is 13.1 Å². The van der Waals surface area contributed by atoms with Gasteiger partial charge in [0.05, 0.1) is 5.92 Å². The number of benzene rings is 1. The van der Waals surface area contributed by atoms with Crippen molar-refractivity contribution in [2.24, 2.45) is 5.92 Å². The van der Waals surface area contributed by atoms with Gasteiger partial charge in [-0.3, -0.25) is 9.59 Å². The van der Waals surface area contributed by atoms with E-state index in [2.05, 4.69) is 5.16 Å². The van der Waals surface area contributed by atoms with E-state index in [1.54, 1.807) is 29.2 Å². The molecule has 0 radical (unpaired) electrons. The van der Waals surface area contributed by atoms with E-state index in [0.717, 1.165) is 5.56 Å².